The zero-order valence-corrected chi connectivity index (χ0v) is 12.7. The number of aromatic nitrogens is 1. The van der Waals surface area contributed by atoms with Gasteiger partial charge < -0.3 is 0 Å². The SMILES string of the molecule is CC1CCC(C(NN)c2cncc(Br)c2)CC1C. The second-order valence-corrected chi connectivity index (χ2v) is 6.52. The molecule has 1 aromatic heterocycles. The summed E-state index contributed by atoms with van der Waals surface area (Å²) in [4.78, 5) is 4.24. The van der Waals surface area contributed by atoms with Gasteiger partial charge in [0.15, 0.2) is 0 Å². The quantitative estimate of drug-likeness (QED) is 0.664. The third-order valence-corrected chi connectivity index (χ3v) is 4.81. The maximum atomic E-state index is 5.77. The second kappa shape index (κ2) is 6.13. The molecule has 0 amide bonds. The Balaban J connectivity index is 2.14. The van der Waals surface area contributed by atoms with Crippen molar-refractivity contribution in [3.05, 3.63) is 28.5 Å². The highest BCUT2D eigenvalue weighted by Crippen LogP contribution is 2.39. The molecule has 4 atom stereocenters. The van der Waals surface area contributed by atoms with E-state index < -0.39 is 0 Å². The van der Waals surface area contributed by atoms with Crippen LogP contribution in [-0.4, -0.2) is 4.98 Å². The molecule has 0 radical (unpaired) electrons. The lowest BCUT2D eigenvalue weighted by Gasteiger charge is -2.36. The van der Waals surface area contributed by atoms with Gasteiger partial charge in [0.2, 0.25) is 0 Å². The summed E-state index contributed by atoms with van der Waals surface area (Å²) in [6.45, 7) is 4.70. The molecule has 0 bridgehead atoms. The average Bonchev–Trinajstić information content (AvgIpc) is 2.35. The van der Waals surface area contributed by atoms with Gasteiger partial charge in [-0.15, -0.1) is 0 Å². The zero-order valence-electron chi connectivity index (χ0n) is 11.1. The molecule has 0 spiro atoms. The molecule has 2 rings (SSSR count). The number of hydrogen-bond acceptors (Lipinski definition) is 3. The van der Waals surface area contributed by atoms with Gasteiger partial charge in [-0.25, -0.2) is 0 Å². The van der Waals surface area contributed by atoms with Crippen LogP contribution >= 0.6 is 15.9 Å². The number of nitrogens with two attached hydrogens (primary N) is 1. The fourth-order valence-corrected chi connectivity index (χ4v) is 3.38. The molecule has 3 nitrogen and oxygen atoms in total. The van der Waals surface area contributed by atoms with Crippen LogP contribution in [-0.2, 0) is 0 Å². The van der Waals surface area contributed by atoms with Crippen molar-refractivity contribution in [2.45, 2.75) is 39.2 Å². The summed E-state index contributed by atoms with van der Waals surface area (Å²) in [5.74, 6) is 7.99. The maximum absolute atomic E-state index is 5.77. The summed E-state index contributed by atoms with van der Waals surface area (Å²) in [5, 5.41) is 0. The number of hydrazine groups is 1. The third-order valence-electron chi connectivity index (χ3n) is 4.37. The Bertz CT molecular complexity index is 396. The Hall–Kier alpha value is -0.450. The van der Waals surface area contributed by atoms with Crippen LogP contribution in [0.1, 0.15) is 44.7 Å². The summed E-state index contributed by atoms with van der Waals surface area (Å²) in [7, 11) is 0. The van der Waals surface area contributed by atoms with Crippen LogP contribution in [0.3, 0.4) is 0 Å². The minimum Gasteiger partial charge on any atom is -0.271 e. The van der Waals surface area contributed by atoms with Gasteiger partial charge in [0.25, 0.3) is 0 Å². The number of pyridine rings is 1. The fourth-order valence-electron chi connectivity index (χ4n) is 2.99. The van der Waals surface area contributed by atoms with Crippen LogP contribution in [0.2, 0.25) is 0 Å². The Morgan fingerprint density at radius 3 is 2.72 bits per heavy atom. The van der Waals surface area contributed by atoms with Crippen molar-refractivity contribution < 1.29 is 0 Å². The van der Waals surface area contributed by atoms with Gasteiger partial charge in [-0.2, -0.15) is 0 Å². The summed E-state index contributed by atoms with van der Waals surface area (Å²) in [5.41, 5.74) is 4.17. The largest absolute Gasteiger partial charge is 0.271 e. The Kier molecular flexibility index (Phi) is 4.76. The van der Waals surface area contributed by atoms with Gasteiger partial charge in [0, 0.05) is 16.9 Å². The van der Waals surface area contributed by atoms with Crippen molar-refractivity contribution in [2.75, 3.05) is 0 Å². The van der Waals surface area contributed by atoms with E-state index in [9.17, 15) is 0 Å². The highest BCUT2D eigenvalue weighted by Gasteiger charge is 2.30. The number of nitrogens with one attached hydrogen (secondary N) is 1. The maximum Gasteiger partial charge on any atom is 0.0503 e. The van der Waals surface area contributed by atoms with E-state index in [1.54, 1.807) is 0 Å². The van der Waals surface area contributed by atoms with Gasteiger partial charge in [0.1, 0.15) is 0 Å². The summed E-state index contributed by atoms with van der Waals surface area (Å²) in [6, 6.07) is 2.32. The lowest BCUT2D eigenvalue weighted by molar-refractivity contribution is 0.171. The van der Waals surface area contributed by atoms with Gasteiger partial charge in [-0.1, -0.05) is 20.3 Å². The van der Waals surface area contributed by atoms with Gasteiger partial charge >= 0.3 is 0 Å². The topological polar surface area (TPSA) is 50.9 Å². The minimum atomic E-state index is 0.213. The second-order valence-electron chi connectivity index (χ2n) is 5.61. The van der Waals surface area contributed by atoms with Crippen molar-refractivity contribution >= 4 is 15.9 Å². The smallest absolute Gasteiger partial charge is 0.0503 e. The standard InChI is InChI=1S/C14H22BrN3/c1-9-3-4-11(5-10(9)2)14(18-16)12-6-13(15)8-17-7-12/h6-11,14,18H,3-5,16H2,1-2H3. The molecule has 1 saturated carbocycles. The molecule has 4 unspecified atom stereocenters. The van der Waals surface area contributed by atoms with Crippen LogP contribution in [0.15, 0.2) is 22.9 Å². The molecule has 3 N–H and O–H groups in total. The molecule has 4 heteroatoms. The number of rotatable bonds is 3. The van der Waals surface area contributed by atoms with Crippen molar-refractivity contribution in [3.8, 4) is 0 Å². The van der Waals surface area contributed by atoms with Crippen LogP contribution < -0.4 is 11.3 Å². The first-order valence-electron chi connectivity index (χ1n) is 6.68. The van der Waals surface area contributed by atoms with Gasteiger partial charge in [-0.3, -0.25) is 16.3 Å². The minimum absolute atomic E-state index is 0.213. The highest BCUT2D eigenvalue weighted by atomic mass is 79.9. The van der Waals surface area contributed by atoms with E-state index in [4.69, 9.17) is 5.84 Å². The first-order valence-corrected chi connectivity index (χ1v) is 7.47. The predicted octanol–water partition coefficient (Wildman–Crippen LogP) is 3.42. The number of hydrogen-bond donors (Lipinski definition) is 2. The van der Waals surface area contributed by atoms with E-state index in [0.717, 1.165) is 16.3 Å². The molecule has 0 saturated heterocycles. The molecule has 1 aliphatic rings. The fraction of sp³-hybridized carbons (Fsp3) is 0.643. The van der Waals surface area contributed by atoms with Crippen LogP contribution in [0.25, 0.3) is 0 Å². The van der Waals surface area contributed by atoms with Crippen LogP contribution in [0.5, 0.6) is 0 Å². The molecule has 18 heavy (non-hydrogen) atoms. The normalized spacial score (nSPS) is 30.1. The molecule has 1 aliphatic carbocycles. The van der Waals surface area contributed by atoms with E-state index >= 15 is 0 Å². The Labute approximate surface area is 118 Å². The van der Waals surface area contributed by atoms with Gasteiger partial charge in [0.05, 0.1) is 6.04 Å². The lowest BCUT2D eigenvalue weighted by atomic mass is 9.72. The molecule has 100 valence electrons. The summed E-state index contributed by atoms with van der Waals surface area (Å²) < 4.78 is 1.01. The van der Waals surface area contributed by atoms with Crippen molar-refractivity contribution in [3.63, 3.8) is 0 Å². The number of nitrogens with zero attached hydrogens (tertiary/aromatic N) is 1. The van der Waals surface area contributed by atoms with E-state index in [0.29, 0.717) is 5.92 Å². The predicted molar refractivity (Wildman–Crippen MR) is 77.7 cm³/mol. The van der Waals surface area contributed by atoms with Crippen LogP contribution in [0, 0.1) is 17.8 Å². The van der Waals surface area contributed by atoms with Crippen LogP contribution in [0.4, 0.5) is 0 Å². The molecule has 0 aliphatic heterocycles. The Morgan fingerprint density at radius 1 is 1.33 bits per heavy atom. The highest BCUT2D eigenvalue weighted by molar-refractivity contribution is 9.10. The first-order chi connectivity index (χ1) is 8.61. The average molecular weight is 312 g/mol. The van der Waals surface area contributed by atoms with Crippen molar-refractivity contribution in [2.24, 2.45) is 23.6 Å². The molecule has 1 heterocycles. The van der Waals surface area contributed by atoms with Crippen molar-refractivity contribution in [1.82, 2.24) is 10.4 Å². The molecule has 1 fully saturated rings. The summed E-state index contributed by atoms with van der Waals surface area (Å²) >= 11 is 3.47. The number of halogens is 1. The molecule has 1 aromatic rings. The first kappa shape index (κ1) is 14.0. The Morgan fingerprint density at radius 2 is 2.11 bits per heavy atom. The molecular weight excluding hydrogens is 290 g/mol. The third kappa shape index (κ3) is 3.11. The van der Waals surface area contributed by atoms with Crippen molar-refractivity contribution in [1.29, 1.82) is 0 Å². The lowest BCUT2D eigenvalue weighted by Crippen LogP contribution is -2.37. The van der Waals surface area contributed by atoms with Gasteiger partial charge in [-0.05, 0) is 58.2 Å². The summed E-state index contributed by atoms with van der Waals surface area (Å²) in [6.07, 6.45) is 7.50. The van der Waals surface area contributed by atoms with E-state index in [1.807, 2.05) is 12.4 Å². The molecular formula is C14H22BrN3. The van der Waals surface area contributed by atoms with E-state index in [-0.39, 0.29) is 6.04 Å². The zero-order chi connectivity index (χ0) is 13.1. The molecule has 0 aromatic carbocycles. The van der Waals surface area contributed by atoms with E-state index in [2.05, 4.69) is 46.3 Å². The van der Waals surface area contributed by atoms with E-state index in [1.165, 1.54) is 24.8 Å². The monoisotopic (exact) mass is 311 g/mol.